The van der Waals surface area contributed by atoms with E-state index in [1.807, 2.05) is 0 Å². The summed E-state index contributed by atoms with van der Waals surface area (Å²) in [4.78, 5) is 23.1. The van der Waals surface area contributed by atoms with E-state index in [0.717, 1.165) is 12.8 Å². The number of carboxylic acids is 2. The summed E-state index contributed by atoms with van der Waals surface area (Å²) in [6.45, 7) is 8.24. The van der Waals surface area contributed by atoms with Crippen molar-refractivity contribution in [3.05, 3.63) is 34.4 Å². The standard InChI is InChI=1S/C18H26O4/c1-5-11(3)9-15-13(17(19)20)7-8-14(18(21)22)16(15)10-12(4)6-2/h7-8,11-12H,5-6,9-10H2,1-4H3,(H,19,20)(H,21,22). The molecule has 22 heavy (non-hydrogen) atoms. The van der Waals surface area contributed by atoms with Crippen LogP contribution in [0, 0.1) is 11.8 Å². The Morgan fingerprint density at radius 3 is 1.41 bits per heavy atom. The molecule has 0 aromatic heterocycles. The van der Waals surface area contributed by atoms with Crippen molar-refractivity contribution in [1.29, 1.82) is 0 Å². The van der Waals surface area contributed by atoms with Crippen LogP contribution >= 0.6 is 0 Å². The molecule has 2 N–H and O–H groups in total. The minimum atomic E-state index is -0.986. The minimum Gasteiger partial charge on any atom is -0.478 e. The highest BCUT2D eigenvalue weighted by Crippen LogP contribution is 2.27. The second-order valence-electron chi connectivity index (χ2n) is 6.16. The Hall–Kier alpha value is -1.84. The van der Waals surface area contributed by atoms with Gasteiger partial charge in [-0.3, -0.25) is 0 Å². The quantitative estimate of drug-likeness (QED) is 0.752. The summed E-state index contributed by atoms with van der Waals surface area (Å²) in [6.07, 6.45) is 3.06. The maximum atomic E-state index is 11.5. The van der Waals surface area contributed by atoms with Gasteiger partial charge in [0.2, 0.25) is 0 Å². The van der Waals surface area contributed by atoms with E-state index in [1.165, 1.54) is 12.1 Å². The predicted octanol–water partition coefficient (Wildman–Crippen LogP) is 4.26. The molecule has 0 bridgehead atoms. The van der Waals surface area contributed by atoms with Crippen molar-refractivity contribution in [2.24, 2.45) is 11.8 Å². The van der Waals surface area contributed by atoms with E-state index in [4.69, 9.17) is 0 Å². The number of carboxylic acid groups (broad SMARTS) is 2. The fourth-order valence-corrected chi connectivity index (χ4v) is 2.55. The fraction of sp³-hybridized carbons (Fsp3) is 0.556. The highest BCUT2D eigenvalue weighted by Gasteiger charge is 2.22. The molecule has 1 aromatic rings. The molecule has 0 spiro atoms. The van der Waals surface area contributed by atoms with Crippen LogP contribution in [-0.4, -0.2) is 22.2 Å². The van der Waals surface area contributed by atoms with E-state index >= 15 is 0 Å². The molecule has 4 nitrogen and oxygen atoms in total. The molecule has 2 unspecified atom stereocenters. The van der Waals surface area contributed by atoms with Crippen molar-refractivity contribution >= 4 is 11.9 Å². The van der Waals surface area contributed by atoms with Crippen LogP contribution in [0.25, 0.3) is 0 Å². The topological polar surface area (TPSA) is 74.6 Å². The summed E-state index contributed by atoms with van der Waals surface area (Å²) in [5, 5.41) is 18.9. The van der Waals surface area contributed by atoms with E-state index in [9.17, 15) is 19.8 Å². The smallest absolute Gasteiger partial charge is 0.335 e. The Labute approximate surface area is 132 Å². The van der Waals surface area contributed by atoms with Crippen LogP contribution in [0.5, 0.6) is 0 Å². The third-order valence-corrected chi connectivity index (χ3v) is 4.39. The maximum absolute atomic E-state index is 11.5. The van der Waals surface area contributed by atoms with E-state index in [0.29, 0.717) is 35.8 Å². The molecule has 4 heteroatoms. The zero-order chi connectivity index (χ0) is 16.9. The molecular formula is C18H26O4. The van der Waals surface area contributed by atoms with Crippen LogP contribution in [0.15, 0.2) is 12.1 Å². The lowest BCUT2D eigenvalue weighted by Gasteiger charge is -2.20. The number of rotatable bonds is 8. The van der Waals surface area contributed by atoms with Crippen LogP contribution in [0.4, 0.5) is 0 Å². The lowest BCUT2D eigenvalue weighted by atomic mass is 9.84. The van der Waals surface area contributed by atoms with Gasteiger partial charge in [0.15, 0.2) is 0 Å². The SMILES string of the molecule is CCC(C)Cc1c(C(=O)O)ccc(C(=O)O)c1CC(C)CC. The van der Waals surface area contributed by atoms with Crippen molar-refractivity contribution < 1.29 is 19.8 Å². The minimum absolute atomic E-state index is 0.239. The Kier molecular flexibility index (Phi) is 6.60. The molecule has 0 radical (unpaired) electrons. The molecule has 0 aliphatic rings. The summed E-state index contributed by atoms with van der Waals surface area (Å²) < 4.78 is 0. The molecule has 0 heterocycles. The molecule has 0 amide bonds. The van der Waals surface area contributed by atoms with Gasteiger partial charge in [0.05, 0.1) is 11.1 Å². The summed E-state index contributed by atoms with van der Waals surface area (Å²) in [7, 11) is 0. The highest BCUT2D eigenvalue weighted by molar-refractivity contribution is 5.95. The molecule has 1 rings (SSSR count). The van der Waals surface area contributed by atoms with E-state index < -0.39 is 11.9 Å². The first-order valence-electron chi connectivity index (χ1n) is 7.93. The van der Waals surface area contributed by atoms with Gasteiger partial charge in [-0.15, -0.1) is 0 Å². The van der Waals surface area contributed by atoms with E-state index in [2.05, 4.69) is 27.7 Å². The first kappa shape index (κ1) is 18.2. The molecule has 0 saturated heterocycles. The zero-order valence-electron chi connectivity index (χ0n) is 13.8. The largest absolute Gasteiger partial charge is 0.478 e. The van der Waals surface area contributed by atoms with Gasteiger partial charge >= 0.3 is 11.9 Å². The number of carbonyl (C=O) groups is 2. The third kappa shape index (κ3) is 4.33. The fourth-order valence-electron chi connectivity index (χ4n) is 2.55. The number of hydrogen-bond donors (Lipinski definition) is 2. The van der Waals surface area contributed by atoms with Gasteiger partial charge < -0.3 is 10.2 Å². The molecule has 0 saturated carbocycles. The Morgan fingerprint density at radius 2 is 1.18 bits per heavy atom. The second kappa shape index (κ2) is 7.97. The van der Waals surface area contributed by atoms with Crippen LogP contribution < -0.4 is 0 Å². The zero-order valence-corrected chi connectivity index (χ0v) is 13.8. The van der Waals surface area contributed by atoms with Crippen LogP contribution in [0.2, 0.25) is 0 Å². The molecular weight excluding hydrogens is 280 g/mol. The predicted molar refractivity (Wildman–Crippen MR) is 86.7 cm³/mol. The molecule has 2 atom stereocenters. The van der Waals surface area contributed by atoms with Crippen molar-refractivity contribution in [2.45, 2.75) is 53.4 Å². The molecule has 0 aliphatic heterocycles. The van der Waals surface area contributed by atoms with Crippen LogP contribution in [0.1, 0.15) is 72.4 Å². The molecule has 122 valence electrons. The number of aromatic carboxylic acids is 2. The first-order valence-corrected chi connectivity index (χ1v) is 7.93. The van der Waals surface area contributed by atoms with Gasteiger partial charge in [-0.1, -0.05) is 40.5 Å². The Morgan fingerprint density at radius 1 is 0.864 bits per heavy atom. The van der Waals surface area contributed by atoms with Gasteiger partial charge in [0.1, 0.15) is 0 Å². The Bertz CT molecular complexity index is 499. The highest BCUT2D eigenvalue weighted by atomic mass is 16.4. The average molecular weight is 306 g/mol. The summed E-state index contributed by atoms with van der Waals surface area (Å²) >= 11 is 0. The van der Waals surface area contributed by atoms with Crippen molar-refractivity contribution in [1.82, 2.24) is 0 Å². The van der Waals surface area contributed by atoms with Gasteiger partial charge in [0.25, 0.3) is 0 Å². The monoisotopic (exact) mass is 306 g/mol. The van der Waals surface area contributed by atoms with E-state index in [-0.39, 0.29) is 11.1 Å². The molecule has 0 fully saturated rings. The third-order valence-electron chi connectivity index (χ3n) is 4.39. The normalized spacial score (nSPS) is 13.6. The average Bonchev–Trinajstić information content (AvgIpc) is 2.47. The number of benzene rings is 1. The van der Waals surface area contributed by atoms with Crippen molar-refractivity contribution in [3.8, 4) is 0 Å². The number of hydrogen-bond acceptors (Lipinski definition) is 2. The van der Waals surface area contributed by atoms with Crippen LogP contribution in [0.3, 0.4) is 0 Å². The summed E-state index contributed by atoms with van der Waals surface area (Å²) in [5.41, 5.74) is 1.87. The van der Waals surface area contributed by atoms with Gasteiger partial charge in [-0.05, 0) is 47.9 Å². The lowest BCUT2D eigenvalue weighted by Crippen LogP contribution is -2.16. The summed E-state index contributed by atoms with van der Waals surface area (Å²) in [5.74, 6) is -1.34. The maximum Gasteiger partial charge on any atom is 0.335 e. The first-order chi connectivity index (χ1) is 10.3. The molecule has 1 aromatic carbocycles. The van der Waals surface area contributed by atoms with Crippen molar-refractivity contribution in [3.63, 3.8) is 0 Å². The van der Waals surface area contributed by atoms with Gasteiger partial charge in [-0.25, -0.2) is 9.59 Å². The summed E-state index contributed by atoms with van der Waals surface area (Å²) in [6, 6.07) is 2.87. The lowest BCUT2D eigenvalue weighted by molar-refractivity contribution is 0.0678. The van der Waals surface area contributed by atoms with Crippen molar-refractivity contribution in [2.75, 3.05) is 0 Å². The second-order valence-corrected chi connectivity index (χ2v) is 6.16. The van der Waals surface area contributed by atoms with Crippen LogP contribution in [-0.2, 0) is 12.8 Å². The van der Waals surface area contributed by atoms with Gasteiger partial charge in [-0.2, -0.15) is 0 Å². The van der Waals surface area contributed by atoms with Gasteiger partial charge in [0, 0.05) is 0 Å². The molecule has 0 aliphatic carbocycles. The van der Waals surface area contributed by atoms with E-state index in [1.54, 1.807) is 0 Å². The Balaban J connectivity index is 3.50.